The van der Waals surface area contributed by atoms with Crippen molar-refractivity contribution in [1.29, 1.82) is 0 Å². The first-order valence-electron chi connectivity index (χ1n) is 15.0. The third-order valence-corrected chi connectivity index (χ3v) is 9.89. The summed E-state index contributed by atoms with van der Waals surface area (Å²) in [7, 11) is -3.78. The number of anilines is 2. The summed E-state index contributed by atoms with van der Waals surface area (Å²) < 4.78 is 40.6. The second-order valence-corrected chi connectivity index (χ2v) is 13.0. The van der Waals surface area contributed by atoms with E-state index in [0.29, 0.717) is 47.9 Å². The van der Waals surface area contributed by atoms with Crippen LogP contribution in [-0.2, 0) is 32.5 Å². The third kappa shape index (κ3) is 6.51. The Morgan fingerprint density at radius 3 is 2.47 bits per heavy atom. The van der Waals surface area contributed by atoms with Crippen molar-refractivity contribution in [1.82, 2.24) is 5.32 Å². The molecule has 2 aliphatic rings. The summed E-state index contributed by atoms with van der Waals surface area (Å²) in [6, 6.07) is 29.2. The molecular weight excluding hydrogens is 590 g/mol. The molecule has 0 aromatic heterocycles. The fourth-order valence-electron chi connectivity index (χ4n) is 5.73. The molecule has 10 heteroatoms. The molecule has 4 aromatic carbocycles. The molecule has 2 amide bonds. The molecular formula is C35H35N3O6S. The van der Waals surface area contributed by atoms with Crippen LogP contribution in [-0.4, -0.2) is 52.6 Å². The van der Waals surface area contributed by atoms with Gasteiger partial charge in [-0.05, 0) is 79.3 Å². The van der Waals surface area contributed by atoms with Crippen LogP contribution in [0.3, 0.4) is 0 Å². The molecule has 0 aliphatic carbocycles. The number of ether oxygens (including phenoxy) is 2. The number of para-hydroxylation sites is 3. The van der Waals surface area contributed by atoms with Crippen LogP contribution in [0.1, 0.15) is 23.1 Å². The Morgan fingerprint density at radius 2 is 1.67 bits per heavy atom. The molecule has 0 bridgehead atoms. The quantitative estimate of drug-likeness (QED) is 0.290. The minimum atomic E-state index is -3.78. The van der Waals surface area contributed by atoms with Crippen molar-refractivity contribution >= 4 is 33.2 Å². The van der Waals surface area contributed by atoms with Crippen LogP contribution < -0.4 is 24.0 Å². The first kappa shape index (κ1) is 30.2. The summed E-state index contributed by atoms with van der Waals surface area (Å²) in [5.74, 6) is 0.181. The number of nitrogens with one attached hydrogen (secondary N) is 1. The monoisotopic (exact) mass is 625 g/mol. The lowest BCUT2D eigenvalue weighted by atomic mass is 10.0. The number of amides is 2. The zero-order valence-electron chi connectivity index (χ0n) is 25.0. The van der Waals surface area contributed by atoms with E-state index < -0.39 is 16.1 Å². The summed E-state index contributed by atoms with van der Waals surface area (Å²) in [5, 5.41) is 2.92. The molecule has 2 aliphatic heterocycles. The highest BCUT2D eigenvalue weighted by atomic mass is 32.2. The van der Waals surface area contributed by atoms with Gasteiger partial charge in [0, 0.05) is 13.1 Å². The Bertz CT molecular complexity index is 1810. The molecule has 2 heterocycles. The van der Waals surface area contributed by atoms with Crippen molar-refractivity contribution < 1.29 is 27.5 Å². The molecule has 0 saturated heterocycles. The predicted molar refractivity (Wildman–Crippen MR) is 172 cm³/mol. The topological polar surface area (TPSA) is 105 Å². The number of nitrogens with zero attached hydrogens (tertiary/aromatic N) is 2. The molecule has 6 rings (SSSR count). The van der Waals surface area contributed by atoms with E-state index in [2.05, 4.69) is 5.32 Å². The zero-order valence-corrected chi connectivity index (χ0v) is 25.8. The SMILES string of the molecule is Cc1cc(S(=O)(=O)N2CCCc3ccccc32)ccc1OCC(=O)N1CC(C(=O)NCCc2ccccc2)Oc2ccccc21. The Labute approximate surface area is 263 Å². The van der Waals surface area contributed by atoms with Crippen LogP contribution in [0.4, 0.5) is 11.4 Å². The molecule has 1 atom stereocenters. The highest BCUT2D eigenvalue weighted by molar-refractivity contribution is 7.92. The van der Waals surface area contributed by atoms with Crippen molar-refractivity contribution in [2.45, 2.75) is 37.2 Å². The summed E-state index contributed by atoms with van der Waals surface area (Å²) in [6.45, 7) is 2.34. The Morgan fingerprint density at radius 1 is 0.933 bits per heavy atom. The first-order chi connectivity index (χ1) is 21.8. The molecule has 0 radical (unpaired) electrons. The minimum Gasteiger partial charge on any atom is -0.483 e. The Kier molecular flexibility index (Phi) is 8.75. The highest BCUT2D eigenvalue weighted by Crippen LogP contribution is 2.35. The van der Waals surface area contributed by atoms with E-state index in [4.69, 9.17) is 9.47 Å². The second-order valence-electron chi connectivity index (χ2n) is 11.1. The fourth-order valence-corrected chi connectivity index (χ4v) is 7.36. The number of fused-ring (bicyclic) bond motifs is 2. The number of carbonyl (C=O) groups excluding carboxylic acids is 2. The van der Waals surface area contributed by atoms with Gasteiger partial charge in [-0.2, -0.15) is 0 Å². The van der Waals surface area contributed by atoms with E-state index in [1.54, 1.807) is 43.3 Å². The van der Waals surface area contributed by atoms with Gasteiger partial charge in [-0.25, -0.2) is 8.42 Å². The largest absolute Gasteiger partial charge is 0.483 e. The van der Waals surface area contributed by atoms with E-state index in [1.807, 2.05) is 54.6 Å². The van der Waals surface area contributed by atoms with Crippen LogP contribution in [0, 0.1) is 6.92 Å². The molecule has 0 spiro atoms. The van der Waals surface area contributed by atoms with Gasteiger partial charge < -0.3 is 19.7 Å². The van der Waals surface area contributed by atoms with Gasteiger partial charge in [0.25, 0.3) is 21.8 Å². The van der Waals surface area contributed by atoms with Crippen LogP contribution >= 0.6 is 0 Å². The van der Waals surface area contributed by atoms with Crippen molar-refractivity contribution in [3.05, 3.63) is 114 Å². The second kappa shape index (κ2) is 13.0. The Balaban J connectivity index is 1.12. The number of hydrogen-bond acceptors (Lipinski definition) is 6. The molecule has 4 aromatic rings. The van der Waals surface area contributed by atoms with E-state index in [0.717, 1.165) is 24.0 Å². The average Bonchev–Trinajstić information content (AvgIpc) is 3.07. The number of rotatable bonds is 9. The maximum Gasteiger partial charge on any atom is 0.265 e. The standard InChI is InChI=1S/C35H35N3O6S/c1-25-22-28(45(41,42)38-21-9-13-27-12-5-6-14-29(27)38)17-18-31(25)43-24-34(39)37-23-33(44-32-16-8-7-15-30(32)37)35(40)36-20-19-26-10-3-2-4-11-26/h2-8,10-12,14-18,22,33H,9,13,19-21,23-24H2,1H3,(H,36,40). The summed E-state index contributed by atoms with van der Waals surface area (Å²) in [6.07, 6.45) is 1.39. The molecule has 45 heavy (non-hydrogen) atoms. The minimum absolute atomic E-state index is 0.0316. The van der Waals surface area contributed by atoms with E-state index in [-0.39, 0.29) is 29.9 Å². The maximum absolute atomic E-state index is 13.6. The number of sulfonamides is 1. The van der Waals surface area contributed by atoms with Gasteiger partial charge in [0.05, 0.1) is 22.8 Å². The zero-order chi connectivity index (χ0) is 31.4. The highest BCUT2D eigenvalue weighted by Gasteiger charge is 2.34. The maximum atomic E-state index is 13.6. The lowest BCUT2D eigenvalue weighted by molar-refractivity contribution is -0.128. The molecule has 9 nitrogen and oxygen atoms in total. The number of hydrogen-bond donors (Lipinski definition) is 1. The van der Waals surface area contributed by atoms with Gasteiger partial charge in [0.1, 0.15) is 11.5 Å². The van der Waals surface area contributed by atoms with Crippen LogP contribution in [0.5, 0.6) is 11.5 Å². The Hall–Kier alpha value is -4.83. The lowest BCUT2D eigenvalue weighted by Gasteiger charge is -2.34. The van der Waals surface area contributed by atoms with Crippen molar-refractivity contribution in [3.8, 4) is 11.5 Å². The van der Waals surface area contributed by atoms with Crippen LogP contribution in [0.15, 0.2) is 102 Å². The molecule has 232 valence electrons. The van der Waals surface area contributed by atoms with E-state index in [9.17, 15) is 18.0 Å². The summed E-state index contributed by atoms with van der Waals surface area (Å²) in [5.41, 5.74) is 3.98. The lowest BCUT2D eigenvalue weighted by Crippen LogP contribution is -2.52. The van der Waals surface area contributed by atoms with Crippen LogP contribution in [0.2, 0.25) is 0 Å². The third-order valence-electron chi connectivity index (χ3n) is 8.08. The van der Waals surface area contributed by atoms with Gasteiger partial charge >= 0.3 is 0 Å². The molecule has 0 fully saturated rings. The summed E-state index contributed by atoms with van der Waals surface area (Å²) in [4.78, 5) is 28.2. The van der Waals surface area contributed by atoms with Crippen LogP contribution in [0.25, 0.3) is 0 Å². The van der Waals surface area contributed by atoms with Gasteiger partial charge in [-0.15, -0.1) is 0 Å². The van der Waals surface area contributed by atoms with Gasteiger partial charge in [-0.1, -0.05) is 60.7 Å². The number of carbonyl (C=O) groups is 2. The van der Waals surface area contributed by atoms with Crippen molar-refractivity contribution in [2.24, 2.45) is 0 Å². The fraction of sp³-hybridized carbons (Fsp3) is 0.257. The number of benzene rings is 4. The van der Waals surface area contributed by atoms with Gasteiger partial charge in [-0.3, -0.25) is 13.9 Å². The van der Waals surface area contributed by atoms with Crippen molar-refractivity contribution in [3.63, 3.8) is 0 Å². The smallest absolute Gasteiger partial charge is 0.265 e. The molecule has 0 saturated carbocycles. The number of aryl methyl sites for hydroxylation is 2. The summed E-state index contributed by atoms with van der Waals surface area (Å²) >= 11 is 0. The molecule has 1 N–H and O–H groups in total. The van der Waals surface area contributed by atoms with Gasteiger partial charge in [0.15, 0.2) is 12.7 Å². The normalized spacial score (nSPS) is 15.8. The molecule has 1 unspecified atom stereocenters. The van der Waals surface area contributed by atoms with Crippen molar-refractivity contribution in [2.75, 3.05) is 35.4 Å². The average molecular weight is 626 g/mol. The van der Waals surface area contributed by atoms with E-state index >= 15 is 0 Å². The first-order valence-corrected chi connectivity index (χ1v) is 16.5. The van der Waals surface area contributed by atoms with E-state index in [1.165, 1.54) is 15.3 Å². The van der Waals surface area contributed by atoms with Gasteiger partial charge in [0.2, 0.25) is 0 Å². The predicted octanol–water partition coefficient (Wildman–Crippen LogP) is 4.67.